The molecule has 0 fully saturated rings. The van der Waals surface area contributed by atoms with Crippen LogP contribution in [0.1, 0.15) is 22.3 Å². The standard InChI is InChI=1S/C24H27N7/c1-25-24(27-15-20-7-9-21(10-8-20)17-30-14-12-26-19-30)28-16-22-5-2-3-6-23(22)18-31-13-4-11-29-31/h2-14,19H,15-18H2,1H3,(H2,25,27,28). The minimum absolute atomic E-state index is 0.695. The monoisotopic (exact) mass is 413 g/mol. The van der Waals surface area contributed by atoms with Gasteiger partial charge in [0.05, 0.1) is 12.9 Å². The second-order valence-corrected chi connectivity index (χ2v) is 7.30. The highest BCUT2D eigenvalue weighted by Crippen LogP contribution is 2.10. The third kappa shape index (κ3) is 5.82. The lowest BCUT2D eigenvalue weighted by atomic mass is 10.1. The predicted molar refractivity (Wildman–Crippen MR) is 123 cm³/mol. The topological polar surface area (TPSA) is 72.1 Å². The van der Waals surface area contributed by atoms with Crippen molar-refractivity contribution in [3.8, 4) is 0 Å². The van der Waals surface area contributed by atoms with E-state index in [1.807, 2.05) is 29.5 Å². The molecule has 0 saturated carbocycles. The number of aromatic nitrogens is 4. The molecule has 0 aliphatic heterocycles. The van der Waals surface area contributed by atoms with Crippen LogP contribution in [0.25, 0.3) is 0 Å². The third-order valence-electron chi connectivity index (χ3n) is 5.09. The van der Waals surface area contributed by atoms with Crippen molar-refractivity contribution in [2.45, 2.75) is 26.2 Å². The Balaban J connectivity index is 1.29. The van der Waals surface area contributed by atoms with Gasteiger partial charge in [-0.3, -0.25) is 9.67 Å². The molecule has 2 aromatic heterocycles. The number of nitrogens with zero attached hydrogens (tertiary/aromatic N) is 5. The lowest BCUT2D eigenvalue weighted by molar-refractivity contribution is 0.677. The number of imidazole rings is 1. The van der Waals surface area contributed by atoms with Gasteiger partial charge in [-0.2, -0.15) is 5.10 Å². The van der Waals surface area contributed by atoms with E-state index in [4.69, 9.17) is 0 Å². The van der Waals surface area contributed by atoms with E-state index in [2.05, 4.69) is 78.8 Å². The van der Waals surface area contributed by atoms with Gasteiger partial charge in [0, 0.05) is 51.5 Å². The molecule has 158 valence electrons. The van der Waals surface area contributed by atoms with Crippen LogP contribution >= 0.6 is 0 Å². The van der Waals surface area contributed by atoms with Gasteiger partial charge in [0.25, 0.3) is 0 Å². The molecular weight excluding hydrogens is 386 g/mol. The van der Waals surface area contributed by atoms with Crippen molar-refractivity contribution in [3.63, 3.8) is 0 Å². The molecule has 0 radical (unpaired) electrons. The summed E-state index contributed by atoms with van der Waals surface area (Å²) in [6, 6.07) is 18.9. The van der Waals surface area contributed by atoms with Gasteiger partial charge in [-0.15, -0.1) is 0 Å². The first-order valence-electron chi connectivity index (χ1n) is 10.3. The van der Waals surface area contributed by atoms with Gasteiger partial charge < -0.3 is 15.2 Å². The van der Waals surface area contributed by atoms with E-state index < -0.39 is 0 Å². The summed E-state index contributed by atoms with van der Waals surface area (Å²) in [7, 11) is 1.79. The zero-order valence-corrected chi connectivity index (χ0v) is 17.6. The summed E-state index contributed by atoms with van der Waals surface area (Å²) in [6.07, 6.45) is 9.38. The molecule has 4 rings (SSSR count). The summed E-state index contributed by atoms with van der Waals surface area (Å²) in [5, 5.41) is 11.1. The Hall–Kier alpha value is -3.87. The Morgan fingerprint density at radius 3 is 2.32 bits per heavy atom. The van der Waals surface area contributed by atoms with E-state index in [9.17, 15) is 0 Å². The molecule has 0 unspecified atom stereocenters. The molecule has 7 heteroatoms. The lowest BCUT2D eigenvalue weighted by Gasteiger charge is -2.15. The SMILES string of the molecule is CN=C(NCc1ccc(Cn2ccnc2)cc1)NCc1ccccc1Cn1cccn1. The number of guanidine groups is 1. The lowest BCUT2D eigenvalue weighted by Crippen LogP contribution is -2.36. The van der Waals surface area contributed by atoms with Crippen LogP contribution in [0.2, 0.25) is 0 Å². The van der Waals surface area contributed by atoms with Crippen molar-refractivity contribution in [3.05, 3.63) is 108 Å². The van der Waals surface area contributed by atoms with Crippen LogP contribution in [0.15, 0.2) is 90.7 Å². The van der Waals surface area contributed by atoms with E-state index in [-0.39, 0.29) is 0 Å². The maximum Gasteiger partial charge on any atom is 0.191 e. The van der Waals surface area contributed by atoms with Crippen molar-refractivity contribution in [1.82, 2.24) is 30.0 Å². The molecular formula is C24H27N7. The van der Waals surface area contributed by atoms with Gasteiger partial charge in [-0.1, -0.05) is 48.5 Å². The van der Waals surface area contributed by atoms with E-state index in [0.717, 1.165) is 19.0 Å². The highest BCUT2D eigenvalue weighted by atomic mass is 15.3. The van der Waals surface area contributed by atoms with E-state index in [1.165, 1.54) is 22.3 Å². The number of aliphatic imine (C=N–C) groups is 1. The van der Waals surface area contributed by atoms with E-state index in [0.29, 0.717) is 13.1 Å². The van der Waals surface area contributed by atoms with Crippen molar-refractivity contribution < 1.29 is 0 Å². The van der Waals surface area contributed by atoms with Gasteiger partial charge in [0.1, 0.15) is 0 Å². The Morgan fingerprint density at radius 1 is 0.839 bits per heavy atom. The first-order chi connectivity index (χ1) is 15.3. The summed E-state index contributed by atoms with van der Waals surface area (Å²) >= 11 is 0. The molecule has 0 spiro atoms. The molecule has 0 saturated heterocycles. The zero-order valence-electron chi connectivity index (χ0n) is 17.6. The molecule has 0 bridgehead atoms. The Morgan fingerprint density at radius 2 is 1.61 bits per heavy atom. The number of rotatable bonds is 8. The molecule has 2 aromatic carbocycles. The predicted octanol–water partition coefficient (Wildman–Crippen LogP) is 3.04. The summed E-state index contributed by atoms with van der Waals surface area (Å²) in [5.41, 5.74) is 4.92. The Bertz CT molecular complexity index is 1080. The van der Waals surface area contributed by atoms with Crippen LogP contribution in [0.4, 0.5) is 0 Å². The van der Waals surface area contributed by atoms with Crippen molar-refractivity contribution in [2.75, 3.05) is 7.05 Å². The normalized spacial score (nSPS) is 11.5. The Labute approximate surface area is 182 Å². The van der Waals surface area contributed by atoms with Crippen LogP contribution in [-0.2, 0) is 26.2 Å². The second-order valence-electron chi connectivity index (χ2n) is 7.30. The summed E-state index contributed by atoms with van der Waals surface area (Å²) in [5.74, 6) is 0.774. The highest BCUT2D eigenvalue weighted by Gasteiger charge is 2.05. The van der Waals surface area contributed by atoms with Gasteiger partial charge in [-0.25, -0.2) is 4.98 Å². The molecule has 0 atom stereocenters. The van der Waals surface area contributed by atoms with Crippen LogP contribution in [0.5, 0.6) is 0 Å². The zero-order chi connectivity index (χ0) is 21.3. The molecule has 31 heavy (non-hydrogen) atoms. The minimum Gasteiger partial charge on any atom is -0.352 e. The molecule has 4 aromatic rings. The largest absolute Gasteiger partial charge is 0.352 e. The average Bonchev–Trinajstić information content (AvgIpc) is 3.50. The van der Waals surface area contributed by atoms with Gasteiger partial charge >= 0.3 is 0 Å². The Kier molecular flexibility index (Phi) is 6.74. The fourth-order valence-corrected chi connectivity index (χ4v) is 3.39. The van der Waals surface area contributed by atoms with Gasteiger partial charge in [-0.05, 0) is 28.3 Å². The van der Waals surface area contributed by atoms with Crippen LogP contribution < -0.4 is 10.6 Å². The van der Waals surface area contributed by atoms with E-state index in [1.54, 1.807) is 19.4 Å². The number of hydrogen-bond donors (Lipinski definition) is 2. The van der Waals surface area contributed by atoms with Crippen LogP contribution in [-0.4, -0.2) is 32.3 Å². The number of hydrogen-bond acceptors (Lipinski definition) is 3. The van der Waals surface area contributed by atoms with Gasteiger partial charge in [0.2, 0.25) is 0 Å². The summed E-state index contributed by atoms with van der Waals surface area (Å²) in [4.78, 5) is 8.44. The van der Waals surface area contributed by atoms with Crippen molar-refractivity contribution >= 4 is 5.96 Å². The fourth-order valence-electron chi connectivity index (χ4n) is 3.39. The average molecular weight is 414 g/mol. The van der Waals surface area contributed by atoms with E-state index >= 15 is 0 Å². The molecule has 0 amide bonds. The smallest absolute Gasteiger partial charge is 0.191 e. The summed E-state index contributed by atoms with van der Waals surface area (Å²) < 4.78 is 3.99. The van der Waals surface area contributed by atoms with Crippen molar-refractivity contribution in [1.29, 1.82) is 0 Å². The van der Waals surface area contributed by atoms with Crippen molar-refractivity contribution in [2.24, 2.45) is 4.99 Å². The first-order valence-corrected chi connectivity index (χ1v) is 10.3. The number of nitrogens with one attached hydrogen (secondary N) is 2. The molecule has 0 aliphatic carbocycles. The molecule has 7 nitrogen and oxygen atoms in total. The second kappa shape index (κ2) is 10.2. The van der Waals surface area contributed by atoms with Crippen LogP contribution in [0.3, 0.4) is 0 Å². The minimum atomic E-state index is 0.695. The maximum atomic E-state index is 4.36. The first kappa shape index (κ1) is 20.4. The highest BCUT2D eigenvalue weighted by molar-refractivity contribution is 5.79. The van der Waals surface area contributed by atoms with Gasteiger partial charge in [0.15, 0.2) is 5.96 Å². The summed E-state index contributed by atoms with van der Waals surface area (Å²) in [6.45, 7) is 2.98. The fraction of sp³-hybridized carbons (Fsp3) is 0.208. The molecule has 2 heterocycles. The quantitative estimate of drug-likeness (QED) is 0.344. The molecule has 2 N–H and O–H groups in total. The van der Waals surface area contributed by atoms with Crippen LogP contribution in [0, 0.1) is 0 Å². The third-order valence-corrected chi connectivity index (χ3v) is 5.09. The maximum absolute atomic E-state index is 4.36. The molecule has 0 aliphatic rings. The number of benzene rings is 2.